The molecule has 0 atom stereocenters. The maximum atomic E-state index is 2.36. The van der Waals surface area contributed by atoms with Crippen LogP contribution in [0.15, 0.2) is 188 Å². The number of hydrogen-bond acceptors (Lipinski definition) is 2. The summed E-state index contributed by atoms with van der Waals surface area (Å²) in [5.41, 5.74) is 10.6. The summed E-state index contributed by atoms with van der Waals surface area (Å²) in [4.78, 5) is 2.36. The Morgan fingerprint density at radius 3 is 1.62 bits per heavy atom. The number of nitrogens with zero attached hydrogens (tertiary/aromatic N) is 1. The summed E-state index contributed by atoms with van der Waals surface area (Å²) in [6.07, 6.45) is 0. The van der Waals surface area contributed by atoms with Gasteiger partial charge >= 0.3 is 0 Å². The lowest BCUT2D eigenvalue weighted by molar-refractivity contribution is 1.28. The molecule has 2 heteroatoms. The maximum absolute atomic E-state index is 2.36. The minimum absolute atomic E-state index is 1.11. The minimum atomic E-state index is 1.11. The van der Waals surface area contributed by atoms with E-state index in [0.29, 0.717) is 0 Å². The maximum Gasteiger partial charge on any atom is 0.0467 e. The molecular weight excluding hydrogens is 599 g/mol. The highest BCUT2D eigenvalue weighted by Crippen LogP contribution is 2.40. The predicted molar refractivity (Wildman–Crippen MR) is 208 cm³/mol. The van der Waals surface area contributed by atoms with Gasteiger partial charge in [-0.25, -0.2) is 0 Å². The van der Waals surface area contributed by atoms with Crippen LogP contribution in [0.4, 0.5) is 17.1 Å². The molecule has 8 aromatic carbocycles. The van der Waals surface area contributed by atoms with E-state index in [-0.39, 0.29) is 0 Å². The van der Waals surface area contributed by atoms with Gasteiger partial charge in [-0.1, -0.05) is 127 Å². The van der Waals surface area contributed by atoms with Crippen LogP contribution >= 0.6 is 11.3 Å². The van der Waals surface area contributed by atoms with Gasteiger partial charge < -0.3 is 4.90 Å². The first-order valence-corrected chi connectivity index (χ1v) is 17.2. The van der Waals surface area contributed by atoms with Gasteiger partial charge in [-0.3, -0.25) is 0 Å². The molecule has 9 rings (SSSR count). The van der Waals surface area contributed by atoms with Gasteiger partial charge in [-0.05, 0) is 105 Å². The fourth-order valence-corrected chi connectivity index (χ4v) is 7.87. The van der Waals surface area contributed by atoms with Crippen LogP contribution in [0.5, 0.6) is 0 Å². The molecule has 0 saturated heterocycles. The third kappa shape index (κ3) is 5.23. The normalized spacial score (nSPS) is 11.3. The van der Waals surface area contributed by atoms with E-state index in [1.807, 2.05) is 11.3 Å². The number of anilines is 3. The molecule has 1 nitrogen and oxygen atoms in total. The Bertz CT molecular complexity index is 2540. The third-order valence-corrected chi connectivity index (χ3v) is 10.4. The summed E-state index contributed by atoms with van der Waals surface area (Å²) in [6.45, 7) is 0. The molecule has 0 aliphatic carbocycles. The van der Waals surface area contributed by atoms with Gasteiger partial charge in [0, 0.05) is 37.2 Å². The average Bonchev–Trinajstić information content (AvgIpc) is 3.54. The fourth-order valence-electron chi connectivity index (χ4n) is 6.78. The first-order chi connectivity index (χ1) is 23.8. The predicted octanol–water partition coefficient (Wildman–Crippen LogP) is 13.7. The van der Waals surface area contributed by atoms with E-state index in [4.69, 9.17) is 0 Å². The zero-order chi connectivity index (χ0) is 31.9. The second-order valence-corrected chi connectivity index (χ2v) is 13.3. The lowest BCUT2D eigenvalue weighted by Gasteiger charge is -2.26. The topological polar surface area (TPSA) is 3.24 Å². The Hall–Kier alpha value is -5.96. The minimum Gasteiger partial charge on any atom is -0.310 e. The quantitative estimate of drug-likeness (QED) is 0.177. The first kappa shape index (κ1) is 28.3. The first-order valence-electron chi connectivity index (χ1n) is 16.3. The van der Waals surface area contributed by atoms with E-state index >= 15 is 0 Å². The van der Waals surface area contributed by atoms with E-state index in [9.17, 15) is 0 Å². The molecule has 0 unspecified atom stereocenters. The molecule has 0 N–H and O–H groups in total. The molecule has 0 aliphatic rings. The van der Waals surface area contributed by atoms with E-state index < -0.39 is 0 Å². The van der Waals surface area contributed by atoms with E-state index in [2.05, 4.69) is 193 Å². The monoisotopic (exact) mass is 629 g/mol. The van der Waals surface area contributed by atoms with E-state index in [0.717, 1.165) is 17.1 Å². The van der Waals surface area contributed by atoms with Crippen LogP contribution in [0.3, 0.4) is 0 Å². The van der Waals surface area contributed by atoms with Gasteiger partial charge in [-0.2, -0.15) is 0 Å². The number of benzene rings is 8. The molecule has 0 saturated carbocycles. The molecule has 0 fully saturated rings. The van der Waals surface area contributed by atoms with Crippen LogP contribution in [-0.2, 0) is 0 Å². The Kier molecular flexibility index (Phi) is 7.07. The van der Waals surface area contributed by atoms with Crippen LogP contribution in [0, 0.1) is 0 Å². The van der Waals surface area contributed by atoms with Gasteiger partial charge in [-0.15, -0.1) is 11.3 Å². The Labute approximate surface area is 284 Å². The molecule has 226 valence electrons. The van der Waals surface area contributed by atoms with E-state index in [1.165, 1.54) is 64.3 Å². The summed E-state index contributed by atoms with van der Waals surface area (Å²) in [5, 5.41) is 5.15. The summed E-state index contributed by atoms with van der Waals surface area (Å²) in [5.74, 6) is 0. The summed E-state index contributed by atoms with van der Waals surface area (Å²) >= 11 is 1.86. The lowest BCUT2D eigenvalue weighted by Crippen LogP contribution is -2.10. The van der Waals surface area contributed by atoms with Gasteiger partial charge in [0.2, 0.25) is 0 Å². The van der Waals surface area contributed by atoms with Crippen molar-refractivity contribution in [3.63, 3.8) is 0 Å². The van der Waals surface area contributed by atoms with Gasteiger partial charge in [0.15, 0.2) is 0 Å². The van der Waals surface area contributed by atoms with Crippen LogP contribution < -0.4 is 4.90 Å². The highest BCUT2D eigenvalue weighted by molar-refractivity contribution is 7.25. The van der Waals surface area contributed by atoms with Crippen molar-refractivity contribution in [2.75, 3.05) is 4.90 Å². The number of fused-ring (bicyclic) bond motifs is 4. The molecule has 0 aliphatic heterocycles. The SMILES string of the molecule is c1ccc(-c2ccc(N(c3ccc(-c4ccc5sc6ccccc6c5c4)cc3)c3cccc(-c4ccc5ccccc5c4)c3)cc2)cc1. The Morgan fingerprint density at radius 1 is 0.292 bits per heavy atom. The Balaban J connectivity index is 1.12. The molecule has 0 spiro atoms. The van der Waals surface area contributed by atoms with Crippen LogP contribution in [0.2, 0.25) is 0 Å². The van der Waals surface area contributed by atoms with Gasteiger partial charge in [0.25, 0.3) is 0 Å². The second-order valence-electron chi connectivity index (χ2n) is 12.2. The molecule has 0 bridgehead atoms. The van der Waals surface area contributed by atoms with Crippen molar-refractivity contribution in [1.29, 1.82) is 0 Å². The molecule has 48 heavy (non-hydrogen) atoms. The van der Waals surface area contributed by atoms with Crippen LogP contribution in [-0.4, -0.2) is 0 Å². The van der Waals surface area contributed by atoms with Crippen LogP contribution in [0.25, 0.3) is 64.3 Å². The van der Waals surface area contributed by atoms with Gasteiger partial charge in [0.1, 0.15) is 0 Å². The second kappa shape index (κ2) is 12.0. The molecule has 9 aromatic rings. The molecule has 1 aromatic heterocycles. The lowest BCUT2D eigenvalue weighted by atomic mass is 10.00. The fraction of sp³-hybridized carbons (Fsp3) is 0. The highest BCUT2D eigenvalue weighted by Gasteiger charge is 2.15. The standard InChI is InChI=1S/C46H31NS/c1-2-9-32(10-3-1)34-19-24-40(25-20-34)47(42-14-8-13-37(30-42)38-18-17-33-11-4-5-12-36(33)29-38)41-26-21-35(22-27-41)39-23-28-46-44(31-39)43-15-6-7-16-45(43)48-46/h1-31H. The summed E-state index contributed by atoms with van der Waals surface area (Å²) < 4.78 is 2.66. The molecular formula is C46H31NS. The summed E-state index contributed by atoms with van der Waals surface area (Å²) in [7, 11) is 0. The Morgan fingerprint density at radius 2 is 0.833 bits per heavy atom. The zero-order valence-electron chi connectivity index (χ0n) is 26.3. The largest absolute Gasteiger partial charge is 0.310 e. The van der Waals surface area contributed by atoms with E-state index in [1.54, 1.807) is 0 Å². The highest BCUT2D eigenvalue weighted by atomic mass is 32.1. The van der Waals surface area contributed by atoms with Crippen molar-refractivity contribution >= 4 is 59.3 Å². The third-order valence-electron chi connectivity index (χ3n) is 9.26. The molecule has 0 radical (unpaired) electrons. The van der Waals surface area contributed by atoms with Crippen LogP contribution in [0.1, 0.15) is 0 Å². The van der Waals surface area contributed by atoms with Crippen molar-refractivity contribution in [2.24, 2.45) is 0 Å². The molecule has 0 amide bonds. The van der Waals surface area contributed by atoms with Crippen molar-refractivity contribution in [1.82, 2.24) is 0 Å². The van der Waals surface area contributed by atoms with Crippen molar-refractivity contribution in [3.05, 3.63) is 188 Å². The summed E-state index contributed by atoms with van der Waals surface area (Å²) in [6, 6.07) is 68.2. The number of hydrogen-bond donors (Lipinski definition) is 0. The number of rotatable bonds is 6. The smallest absolute Gasteiger partial charge is 0.0467 e. The van der Waals surface area contributed by atoms with Crippen molar-refractivity contribution < 1.29 is 0 Å². The van der Waals surface area contributed by atoms with Crippen molar-refractivity contribution in [3.8, 4) is 33.4 Å². The average molecular weight is 630 g/mol. The van der Waals surface area contributed by atoms with Gasteiger partial charge in [0.05, 0.1) is 0 Å². The number of thiophene rings is 1. The van der Waals surface area contributed by atoms with Crippen molar-refractivity contribution in [2.45, 2.75) is 0 Å². The zero-order valence-corrected chi connectivity index (χ0v) is 27.1. The molecule has 1 heterocycles.